The van der Waals surface area contributed by atoms with E-state index in [1.165, 1.54) is 21.0 Å². The van der Waals surface area contributed by atoms with Crippen LogP contribution in [-0.4, -0.2) is 37.4 Å². The molecule has 7 heteroatoms. The second-order valence-corrected chi connectivity index (χ2v) is 5.09. The Hall–Kier alpha value is -1.34. The highest BCUT2D eigenvalue weighted by Crippen LogP contribution is 2.12. The van der Waals surface area contributed by atoms with Crippen molar-refractivity contribution in [1.82, 2.24) is 8.61 Å². The zero-order valence-corrected chi connectivity index (χ0v) is 9.78. The molecule has 0 atom stereocenters. The molecule has 0 fully saturated rings. The summed E-state index contributed by atoms with van der Waals surface area (Å²) in [4.78, 5) is 10.3. The lowest BCUT2D eigenvalue weighted by Gasteiger charge is -2.24. The SMILES string of the molecule is C=C(C)N(/C=C(\N)C=O)S(=O)(=O)N(C)C. The van der Waals surface area contributed by atoms with E-state index in [0.29, 0.717) is 6.29 Å². The minimum absolute atomic E-state index is 0.191. The van der Waals surface area contributed by atoms with Gasteiger partial charge in [0, 0.05) is 26.0 Å². The lowest BCUT2D eigenvalue weighted by atomic mass is 10.5. The number of hydrogen-bond acceptors (Lipinski definition) is 4. The van der Waals surface area contributed by atoms with E-state index in [1.807, 2.05) is 0 Å². The second-order valence-electron chi connectivity index (χ2n) is 3.07. The van der Waals surface area contributed by atoms with Crippen molar-refractivity contribution < 1.29 is 13.2 Å². The molecule has 0 unspecified atom stereocenters. The number of allylic oxidation sites excluding steroid dienone is 2. The lowest BCUT2D eigenvalue weighted by molar-refractivity contribution is -0.105. The first-order valence-electron chi connectivity index (χ1n) is 4.03. The molecule has 0 aromatic heterocycles. The predicted molar refractivity (Wildman–Crippen MR) is 57.6 cm³/mol. The van der Waals surface area contributed by atoms with Gasteiger partial charge < -0.3 is 5.73 Å². The molecule has 0 rings (SSSR count). The van der Waals surface area contributed by atoms with Gasteiger partial charge in [0.15, 0.2) is 6.29 Å². The summed E-state index contributed by atoms with van der Waals surface area (Å²) in [6.07, 6.45) is 1.38. The van der Waals surface area contributed by atoms with Crippen LogP contribution < -0.4 is 5.73 Å². The molecule has 0 aromatic rings. The van der Waals surface area contributed by atoms with Gasteiger partial charge in [-0.05, 0) is 6.92 Å². The van der Waals surface area contributed by atoms with Crippen LogP contribution in [0.5, 0.6) is 0 Å². The molecule has 0 saturated heterocycles. The van der Waals surface area contributed by atoms with Crippen molar-refractivity contribution in [2.45, 2.75) is 6.92 Å². The zero-order chi connectivity index (χ0) is 12.2. The molecular formula is C8H15N3O3S. The van der Waals surface area contributed by atoms with E-state index < -0.39 is 10.2 Å². The fraction of sp³-hybridized carbons (Fsp3) is 0.375. The summed E-state index contributed by atoms with van der Waals surface area (Å²) in [6, 6.07) is 0. The van der Waals surface area contributed by atoms with Crippen LogP contribution in [0.2, 0.25) is 0 Å². The molecule has 0 aromatic carbocycles. The maximum Gasteiger partial charge on any atom is 0.307 e. The van der Waals surface area contributed by atoms with Crippen LogP contribution in [0.3, 0.4) is 0 Å². The van der Waals surface area contributed by atoms with Gasteiger partial charge in [0.25, 0.3) is 0 Å². The fourth-order valence-electron chi connectivity index (χ4n) is 0.715. The van der Waals surface area contributed by atoms with E-state index in [-0.39, 0.29) is 11.4 Å². The van der Waals surface area contributed by atoms with Gasteiger partial charge in [-0.25, -0.2) is 4.31 Å². The van der Waals surface area contributed by atoms with Gasteiger partial charge in [-0.3, -0.25) is 4.79 Å². The summed E-state index contributed by atoms with van der Waals surface area (Å²) >= 11 is 0. The molecule has 0 bridgehead atoms. The van der Waals surface area contributed by atoms with E-state index in [0.717, 1.165) is 14.8 Å². The Balaban J connectivity index is 5.37. The van der Waals surface area contributed by atoms with Crippen molar-refractivity contribution in [1.29, 1.82) is 0 Å². The molecule has 0 amide bonds. The van der Waals surface area contributed by atoms with Crippen LogP contribution in [0.4, 0.5) is 0 Å². The number of carbonyl (C=O) groups excluding carboxylic acids is 1. The largest absolute Gasteiger partial charge is 0.395 e. The monoisotopic (exact) mass is 233 g/mol. The molecule has 86 valence electrons. The molecule has 0 saturated carbocycles. The van der Waals surface area contributed by atoms with E-state index in [4.69, 9.17) is 5.73 Å². The van der Waals surface area contributed by atoms with Crippen molar-refractivity contribution in [2.75, 3.05) is 14.1 Å². The second kappa shape index (κ2) is 4.94. The molecule has 0 radical (unpaired) electrons. The molecule has 6 nitrogen and oxygen atoms in total. The average Bonchev–Trinajstić information content (AvgIpc) is 2.12. The maximum atomic E-state index is 11.7. The summed E-state index contributed by atoms with van der Waals surface area (Å²) in [7, 11) is -0.949. The van der Waals surface area contributed by atoms with Gasteiger partial charge in [0.05, 0.1) is 5.70 Å². The molecule has 0 aliphatic carbocycles. The molecular weight excluding hydrogens is 218 g/mol. The van der Waals surface area contributed by atoms with E-state index in [1.54, 1.807) is 0 Å². The number of nitrogens with zero attached hydrogens (tertiary/aromatic N) is 2. The van der Waals surface area contributed by atoms with E-state index >= 15 is 0 Å². The predicted octanol–water partition coefficient (Wildman–Crippen LogP) is -0.373. The summed E-state index contributed by atoms with van der Waals surface area (Å²) in [5.74, 6) is 0. The van der Waals surface area contributed by atoms with Gasteiger partial charge in [-0.2, -0.15) is 12.7 Å². The molecule has 0 aliphatic rings. The summed E-state index contributed by atoms with van der Waals surface area (Å²) in [5, 5.41) is 0. The smallest absolute Gasteiger partial charge is 0.307 e. The van der Waals surface area contributed by atoms with Gasteiger partial charge in [0.2, 0.25) is 0 Å². The Bertz CT molecular complexity index is 384. The standard InChI is InChI=1S/C8H15N3O3S/c1-7(2)11(5-8(9)6-12)15(13,14)10(3)4/h5-6H,1,9H2,2-4H3/b8-5-. The highest BCUT2D eigenvalue weighted by Gasteiger charge is 2.22. The molecule has 0 heterocycles. The number of rotatable bonds is 5. The summed E-state index contributed by atoms with van der Waals surface area (Å²) < 4.78 is 25.2. The van der Waals surface area contributed by atoms with Gasteiger partial charge in [-0.1, -0.05) is 6.58 Å². The first-order valence-corrected chi connectivity index (χ1v) is 5.43. The number of hydrogen-bond donors (Lipinski definition) is 1. The normalized spacial score (nSPS) is 12.7. The highest BCUT2D eigenvalue weighted by molar-refractivity contribution is 7.86. The minimum Gasteiger partial charge on any atom is -0.395 e. The molecule has 0 spiro atoms. The van der Waals surface area contributed by atoms with Crippen LogP contribution in [-0.2, 0) is 15.0 Å². The Morgan fingerprint density at radius 2 is 1.87 bits per heavy atom. The van der Waals surface area contributed by atoms with Crippen molar-refractivity contribution in [3.8, 4) is 0 Å². The van der Waals surface area contributed by atoms with Crippen LogP contribution in [0.25, 0.3) is 0 Å². The quantitative estimate of drug-likeness (QED) is 0.518. The average molecular weight is 233 g/mol. The Morgan fingerprint density at radius 3 is 2.13 bits per heavy atom. The number of aldehydes is 1. The lowest BCUT2D eigenvalue weighted by Crippen LogP contribution is -2.36. The van der Waals surface area contributed by atoms with Crippen LogP contribution in [0, 0.1) is 0 Å². The van der Waals surface area contributed by atoms with Crippen LogP contribution >= 0.6 is 0 Å². The maximum absolute atomic E-state index is 11.7. The van der Waals surface area contributed by atoms with E-state index in [2.05, 4.69) is 6.58 Å². The minimum atomic E-state index is -3.69. The molecule has 15 heavy (non-hydrogen) atoms. The first-order chi connectivity index (χ1) is 6.73. The zero-order valence-electron chi connectivity index (χ0n) is 8.97. The Kier molecular flexibility index (Phi) is 4.50. The van der Waals surface area contributed by atoms with Crippen LogP contribution in [0.15, 0.2) is 24.2 Å². The molecule has 2 N–H and O–H groups in total. The third kappa shape index (κ3) is 3.37. The van der Waals surface area contributed by atoms with Crippen molar-refractivity contribution in [3.05, 3.63) is 24.2 Å². The number of carbonyl (C=O) groups is 1. The van der Waals surface area contributed by atoms with Crippen molar-refractivity contribution in [3.63, 3.8) is 0 Å². The first kappa shape index (κ1) is 13.7. The Morgan fingerprint density at radius 1 is 1.40 bits per heavy atom. The van der Waals surface area contributed by atoms with Crippen molar-refractivity contribution in [2.24, 2.45) is 5.73 Å². The summed E-state index contributed by atoms with van der Waals surface area (Å²) in [6.45, 7) is 4.99. The van der Waals surface area contributed by atoms with Crippen molar-refractivity contribution >= 4 is 16.5 Å². The fourth-order valence-corrected chi connectivity index (χ4v) is 1.72. The number of nitrogens with two attached hydrogens (primary N) is 1. The van der Waals surface area contributed by atoms with Gasteiger partial charge in [-0.15, -0.1) is 0 Å². The Labute approximate surface area is 89.8 Å². The highest BCUT2D eigenvalue weighted by atomic mass is 32.2. The topological polar surface area (TPSA) is 83.7 Å². The van der Waals surface area contributed by atoms with Gasteiger partial charge in [0.1, 0.15) is 0 Å². The third-order valence-corrected chi connectivity index (χ3v) is 3.33. The van der Waals surface area contributed by atoms with E-state index in [9.17, 15) is 13.2 Å². The third-order valence-electron chi connectivity index (χ3n) is 1.49. The summed E-state index contributed by atoms with van der Waals surface area (Å²) in [5.41, 5.74) is 5.29. The molecule has 0 aliphatic heterocycles. The van der Waals surface area contributed by atoms with Crippen LogP contribution in [0.1, 0.15) is 6.92 Å². The van der Waals surface area contributed by atoms with Gasteiger partial charge >= 0.3 is 10.2 Å².